The van der Waals surface area contributed by atoms with Crippen molar-refractivity contribution >= 4 is 32.2 Å². The Morgan fingerprint density at radius 2 is 2.18 bits per heavy atom. The van der Waals surface area contributed by atoms with Gasteiger partial charge in [0.1, 0.15) is 9.90 Å². The molecular weight excluding hydrogens is 258 g/mol. The third-order valence-corrected chi connectivity index (χ3v) is 5.38. The molecule has 1 aliphatic carbocycles. The van der Waals surface area contributed by atoms with Gasteiger partial charge in [-0.3, -0.25) is 0 Å². The molecule has 0 saturated heterocycles. The van der Waals surface area contributed by atoms with E-state index < -0.39 is 9.84 Å². The van der Waals surface area contributed by atoms with Crippen LogP contribution < -0.4 is 10.6 Å². The van der Waals surface area contributed by atoms with E-state index in [4.69, 9.17) is 5.73 Å². The first-order valence-electron chi connectivity index (χ1n) is 5.56. The van der Waals surface area contributed by atoms with E-state index in [0.29, 0.717) is 10.9 Å². The minimum atomic E-state index is -3.31. The second-order valence-corrected chi connectivity index (χ2v) is 7.36. The molecule has 1 heterocycles. The molecule has 0 unspecified atom stereocenters. The molecule has 7 heteroatoms. The zero-order chi connectivity index (χ0) is 12.6. The van der Waals surface area contributed by atoms with Gasteiger partial charge in [0, 0.05) is 19.8 Å². The van der Waals surface area contributed by atoms with Crippen LogP contribution in [0.3, 0.4) is 0 Å². The van der Waals surface area contributed by atoms with Crippen molar-refractivity contribution in [1.82, 2.24) is 4.37 Å². The van der Waals surface area contributed by atoms with Crippen LogP contribution in [-0.4, -0.2) is 32.6 Å². The normalized spacial score (nSPS) is 16.8. The fourth-order valence-electron chi connectivity index (χ4n) is 2.02. The van der Waals surface area contributed by atoms with E-state index in [0.717, 1.165) is 18.1 Å². The minimum absolute atomic E-state index is 0.118. The van der Waals surface area contributed by atoms with Crippen LogP contribution in [0.1, 0.15) is 19.3 Å². The smallest absolute Gasteiger partial charge is 0.182 e. The molecule has 0 aromatic carbocycles. The molecule has 5 nitrogen and oxygen atoms in total. The number of hydrogen-bond donors (Lipinski definition) is 1. The third kappa shape index (κ3) is 2.55. The van der Waals surface area contributed by atoms with Crippen molar-refractivity contribution < 1.29 is 8.42 Å². The van der Waals surface area contributed by atoms with Gasteiger partial charge in [-0.1, -0.05) is 6.42 Å². The zero-order valence-electron chi connectivity index (χ0n) is 10.0. The van der Waals surface area contributed by atoms with Crippen LogP contribution in [0.2, 0.25) is 0 Å². The topological polar surface area (TPSA) is 76.3 Å². The minimum Gasteiger partial charge on any atom is -0.382 e. The zero-order valence-corrected chi connectivity index (χ0v) is 11.6. The average molecular weight is 275 g/mol. The van der Waals surface area contributed by atoms with Gasteiger partial charge in [-0.2, -0.15) is 4.37 Å². The highest BCUT2D eigenvalue weighted by atomic mass is 32.2. The van der Waals surface area contributed by atoms with Crippen LogP contribution in [0.25, 0.3) is 0 Å². The van der Waals surface area contributed by atoms with Crippen molar-refractivity contribution in [2.75, 3.05) is 30.5 Å². The van der Waals surface area contributed by atoms with Crippen LogP contribution in [-0.2, 0) is 9.84 Å². The molecule has 96 valence electrons. The number of rotatable bonds is 4. The summed E-state index contributed by atoms with van der Waals surface area (Å²) in [6, 6.07) is 0. The third-order valence-electron chi connectivity index (χ3n) is 3.13. The Bertz CT molecular complexity index is 506. The Morgan fingerprint density at radius 3 is 2.65 bits per heavy atom. The summed E-state index contributed by atoms with van der Waals surface area (Å²) in [6.07, 6.45) is 4.91. The van der Waals surface area contributed by atoms with E-state index in [9.17, 15) is 8.42 Å². The SMILES string of the molecule is CN(CC1CCC1)c1snc(N)c1S(C)(=O)=O. The summed E-state index contributed by atoms with van der Waals surface area (Å²) < 4.78 is 27.3. The second-order valence-electron chi connectivity index (χ2n) is 4.65. The Hall–Kier alpha value is -0.820. The first-order valence-corrected chi connectivity index (χ1v) is 8.22. The maximum Gasteiger partial charge on any atom is 0.182 e. The van der Waals surface area contributed by atoms with Crippen molar-refractivity contribution in [1.29, 1.82) is 0 Å². The van der Waals surface area contributed by atoms with Gasteiger partial charge >= 0.3 is 0 Å². The van der Waals surface area contributed by atoms with Crippen LogP contribution >= 0.6 is 11.5 Å². The van der Waals surface area contributed by atoms with E-state index in [-0.39, 0.29) is 10.7 Å². The summed E-state index contributed by atoms with van der Waals surface area (Å²) in [4.78, 5) is 2.15. The predicted molar refractivity (Wildman–Crippen MR) is 70.2 cm³/mol. The molecule has 1 saturated carbocycles. The van der Waals surface area contributed by atoms with Gasteiger partial charge in [-0.05, 0) is 30.3 Å². The number of hydrogen-bond acceptors (Lipinski definition) is 6. The largest absolute Gasteiger partial charge is 0.382 e. The Morgan fingerprint density at radius 1 is 1.53 bits per heavy atom. The fourth-order valence-corrected chi connectivity index (χ4v) is 4.22. The molecule has 0 amide bonds. The second kappa shape index (κ2) is 4.45. The summed E-state index contributed by atoms with van der Waals surface area (Å²) >= 11 is 1.16. The van der Waals surface area contributed by atoms with Crippen molar-refractivity contribution in [2.45, 2.75) is 24.2 Å². The molecule has 1 fully saturated rings. The maximum absolute atomic E-state index is 11.7. The first kappa shape index (κ1) is 12.6. The highest BCUT2D eigenvalue weighted by Crippen LogP contribution is 2.36. The molecule has 1 aromatic rings. The molecule has 1 aromatic heterocycles. The molecule has 0 spiro atoms. The molecule has 2 N–H and O–H groups in total. The van der Waals surface area contributed by atoms with Gasteiger partial charge in [-0.25, -0.2) is 8.42 Å². The van der Waals surface area contributed by atoms with Gasteiger partial charge in [0.05, 0.1) is 0 Å². The van der Waals surface area contributed by atoms with Gasteiger partial charge < -0.3 is 10.6 Å². The van der Waals surface area contributed by atoms with Crippen LogP contribution in [0.15, 0.2) is 4.90 Å². The highest BCUT2D eigenvalue weighted by molar-refractivity contribution is 7.91. The first-order chi connectivity index (χ1) is 7.89. The van der Waals surface area contributed by atoms with Gasteiger partial charge in [0.15, 0.2) is 15.7 Å². The van der Waals surface area contributed by atoms with Crippen molar-refractivity contribution in [3.05, 3.63) is 0 Å². The molecule has 1 aliphatic rings. The molecule has 0 aliphatic heterocycles. The molecular formula is C10H17N3O2S2. The fraction of sp³-hybridized carbons (Fsp3) is 0.700. The molecule has 0 radical (unpaired) electrons. The van der Waals surface area contributed by atoms with Crippen molar-refractivity contribution in [3.63, 3.8) is 0 Å². The van der Waals surface area contributed by atoms with Gasteiger partial charge in [0.2, 0.25) is 0 Å². The van der Waals surface area contributed by atoms with Gasteiger partial charge in [0.25, 0.3) is 0 Å². The number of sulfone groups is 1. The lowest BCUT2D eigenvalue weighted by Gasteiger charge is -2.30. The van der Waals surface area contributed by atoms with E-state index in [2.05, 4.69) is 4.37 Å². The lowest BCUT2D eigenvalue weighted by Crippen LogP contribution is -2.29. The summed E-state index contributed by atoms with van der Waals surface area (Å²) in [7, 11) is -1.41. The van der Waals surface area contributed by atoms with E-state index >= 15 is 0 Å². The Kier molecular flexibility index (Phi) is 3.31. The number of nitrogens with zero attached hydrogens (tertiary/aromatic N) is 2. The van der Waals surface area contributed by atoms with E-state index in [1.807, 2.05) is 11.9 Å². The van der Waals surface area contributed by atoms with Crippen molar-refractivity contribution in [3.8, 4) is 0 Å². The summed E-state index contributed by atoms with van der Waals surface area (Å²) in [5.41, 5.74) is 5.64. The van der Waals surface area contributed by atoms with E-state index in [1.165, 1.54) is 25.5 Å². The molecule has 0 bridgehead atoms. The maximum atomic E-state index is 11.7. The van der Waals surface area contributed by atoms with Crippen LogP contribution in [0, 0.1) is 5.92 Å². The summed E-state index contributed by atoms with van der Waals surface area (Å²) in [5, 5.41) is 0.664. The lowest BCUT2D eigenvalue weighted by atomic mass is 9.85. The molecule has 2 rings (SSSR count). The van der Waals surface area contributed by atoms with Crippen molar-refractivity contribution in [2.24, 2.45) is 5.92 Å². The van der Waals surface area contributed by atoms with Crippen LogP contribution in [0.4, 0.5) is 10.8 Å². The monoisotopic (exact) mass is 275 g/mol. The highest BCUT2D eigenvalue weighted by Gasteiger charge is 2.26. The Labute approximate surface area is 106 Å². The van der Waals surface area contributed by atoms with Gasteiger partial charge in [-0.15, -0.1) is 0 Å². The van der Waals surface area contributed by atoms with Crippen LogP contribution in [0.5, 0.6) is 0 Å². The predicted octanol–water partition coefficient (Wildman–Crippen LogP) is 1.37. The molecule has 17 heavy (non-hydrogen) atoms. The average Bonchev–Trinajstić information content (AvgIpc) is 2.52. The number of nitrogen functional groups attached to an aromatic ring is 1. The summed E-state index contributed by atoms with van der Waals surface area (Å²) in [6.45, 7) is 0.879. The number of aromatic nitrogens is 1. The molecule has 0 atom stereocenters. The quantitative estimate of drug-likeness (QED) is 0.898. The Balaban J connectivity index is 2.25. The number of anilines is 2. The number of nitrogens with two attached hydrogens (primary N) is 1. The lowest BCUT2D eigenvalue weighted by molar-refractivity contribution is 0.321. The standard InChI is InChI=1S/C10H17N3O2S2/c1-13(6-7-4-3-5-7)10-8(17(2,14)15)9(11)12-16-10/h7H,3-6H2,1-2H3,(H2,11,12). The summed E-state index contributed by atoms with van der Waals surface area (Å²) in [5.74, 6) is 0.795. The van der Waals surface area contributed by atoms with E-state index in [1.54, 1.807) is 0 Å².